The van der Waals surface area contributed by atoms with Crippen LogP contribution in [-0.2, 0) is 4.79 Å². The van der Waals surface area contributed by atoms with Gasteiger partial charge in [0.05, 0.1) is 11.8 Å². The molecule has 1 aromatic heterocycles. The third-order valence-corrected chi connectivity index (χ3v) is 3.81. The van der Waals surface area contributed by atoms with Crippen molar-refractivity contribution in [3.8, 4) is 5.75 Å². The molecule has 0 unspecified atom stereocenters. The Bertz CT molecular complexity index is 697. The van der Waals surface area contributed by atoms with Gasteiger partial charge in [-0.2, -0.15) is 0 Å². The van der Waals surface area contributed by atoms with E-state index < -0.39 is 11.8 Å². The number of aryl methyl sites for hydroxylation is 2. The van der Waals surface area contributed by atoms with Gasteiger partial charge >= 0.3 is 0 Å². The summed E-state index contributed by atoms with van der Waals surface area (Å²) in [6.45, 7) is 3.38. The van der Waals surface area contributed by atoms with Crippen molar-refractivity contribution in [3.05, 3.63) is 51.9 Å². The predicted molar refractivity (Wildman–Crippen MR) is 83.4 cm³/mol. The fraction of sp³-hybridized carbons (Fsp3) is 0.200. The second kappa shape index (κ2) is 7.13. The predicted octanol–water partition coefficient (Wildman–Crippen LogP) is 2.50. The van der Waals surface area contributed by atoms with E-state index in [0.717, 1.165) is 10.0 Å². The molecule has 0 atom stereocenters. The maximum Gasteiger partial charge on any atom is 0.276 e. The van der Waals surface area contributed by atoms with Gasteiger partial charge in [-0.05, 0) is 43.7 Å². The van der Waals surface area contributed by atoms with Gasteiger partial charge in [-0.3, -0.25) is 20.4 Å². The largest absolute Gasteiger partial charge is 0.484 e. The number of hydrogen-bond donors (Lipinski definition) is 2. The SMILES string of the molecule is Cc1cc(OCC(=O)NNC(=O)c2ccoc2C)ccc1Br. The smallest absolute Gasteiger partial charge is 0.276 e. The van der Waals surface area contributed by atoms with Crippen LogP contribution in [0.1, 0.15) is 21.7 Å². The summed E-state index contributed by atoms with van der Waals surface area (Å²) in [5.74, 6) is 0.148. The number of amides is 2. The van der Waals surface area contributed by atoms with Crippen LogP contribution in [0.5, 0.6) is 5.75 Å². The molecule has 0 aliphatic rings. The number of halogens is 1. The number of ether oxygens (including phenoxy) is 1. The molecule has 116 valence electrons. The number of rotatable bonds is 4. The average molecular weight is 367 g/mol. The lowest BCUT2D eigenvalue weighted by molar-refractivity contribution is -0.123. The van der Waals surface area contributed by atoms with Crippen molar-refractivity contribution in [1.82, 2.24) is 10.9 Å². The summed E-state index contributed by atoms with van der Waals surface area (Å²) in [7, 11) is 0. The van der Waals surface area contributed by atoms with Crippen LogP contribution in [0.15, 0.2) is 39.4 Å². The van der Waals surface area contributed by atoms with Gasteiger partial charge in [0.25, 0.3) is 11.8 Å². The van der Waals surface area contributed by atoms with E-state index in [2.05, 4.69) is 26.8 Å². The number of hydrogen-bond acceptors (Lipinski definition) is 4. The number of nitrogens with one attached hydrogen (secondary N) is 2. The first-order valence-corrected chi connectivity index (χ1v) is 7.29. The second-order valence-corrected chi connectivity index (χ2v) is 5.45. The van der Waals surface area contributed by atoms with E-state index >= 15 is 0 Å². The van der Waals surface area contributed by atoms with Crippen molar-refractivity contribution in [3.63, 3.8) is 0 Å². The molecule has 0 saturated heterocycles. The van der Waals surface area contributed by atoms with Gasteiger partial charge in [0.2, 0.25) is 0 Å². The molecule has 22 heavy (non-hydrogen) atoms. The maximum absolute atomic E-state index is 11.8. The quantitative estimate of drug-likeness (QED) is 0.814. The van der Waals surface area contributed by atoms with E-state index in [4.69, 9.17) is 9.15 Å². The minimum Gasteiger partial charge on any atom is -0.484 e. The third kappa shape index (κ3) is 4.11. The Morgan fingerprint density at radius 1 is 1.23 bits per heavy atom. The van der Waals surface area contributed by atoms with Gasteiger partial charge in [0, 0.05) is 4.47 Å². The van der Waals surface area contributed by atoms with Crippen molar-refractivity contribution >= 4 is 27.7 Å². The number of furan rings is 1. The van der Waals surface area contributed by atoms with E-state index in [-0.39, 0.29) is 6.61 Å². The Kier molecular flexibility index (Phi) is 5.21. The van der Waals surface area contributed by atoms with Gasteiger partial charge in [0.15, 0.2) is 6.61 Å². The molecular weight excluding hydrogens is 352 g/mol. The molecule has 2 amide bonds. The standard InChI is InChI=1S/C15H15BrN2O4/c1-9-7-11(3-4-13(9)16)22-8-14(19)17-18-15(20)12-5-6-21-10(12)2/h3-7H,8H2,1-2H3,(H,17,19)(H,18,20). The maximum atomic E-state index is 11.8. The number of carbonyl (C=O) groups excluding carboxylic acids is 2. The Hall–Kier alpha value is -2.28. The first kappa shape index (κ1) is 16.1. The van der Waals surface area contributed by atoms with Gasteiger partial charge in [-0.1, -0.05) is 15.9 Å². The lowest BCUT2D eigenvalue weighted by Crippen LogP contribution is -2.43. The minimum atomic E-state index is -0.463. The van der Waals surface area contributed by atoms with Crippen LogP contribution in [0.3, 0.4) is 0 Å². The molecular formula is C15H15BrN2O4. The average Bonchev–Trinajstić information content (AvgIpc) is 2.92. The summed E-state index contributed by atoms with van der Waals surface area (Å²) < 4.78 is 11.3. The summed E-state index contributed by atoms with van der Waals surface area (Å²) in [5, 5.41) is 0. The minimum absolute atomic E-state index is 0.203. The fourth-order valence-corrected chi connectivity index (χ4v) is 1.95. The van der Waals surface area contributed by atoms with E-state index in [9.17, 15) is 9.59 Å². The van der Waals surface area contributed by atoms with E-state index in [1.165, 1.54) is 12.3 Å². The Morgan fingerprint density at radius 3 is 2.64 bits per heavy atom. The molecule has 0 aliphatic heterocycles. The topological polar surface area (TPSA) is 80.6 Å². The Morgan fingerprint density at radius 2 is 2.00 bits per heavy atom. The zero-order chi connectivity index (χ0) is 16.1. The van der Waals surface area contributed by atoms with Crippen LogP contribution in [0.2, 0.25) is 0 Å². The number of hydrazine groups is 1. The molecule has 0 bridgehead atoms. The van der Waals surface area contributed by atoms with Gasteiger partial charge in [0.1, 0.15) is 11.5 Å². The highest BCUT2D eigenvalue weighted by molar-refractivity contribution is 9.10. The van der Waals surface area contributed by atoms with Gasteiger partial charge < -0.3 is 9.15 Å². The van der Waals surface area contributed by atoms with Crippen molar-refractivity contribution < 1.29 is 18.7 Å². The van der Waals surface area contributed by atoms with Crippen LogP contribution in [0, 0.1) is 13.8 Å². The van der Waals surface area contributed by atoms with Crippen molar-refractivity contribution in [2.24, 2.45) is 0 Å². The molecule has 1 aromatic carbocycles. The van der Waals surface area contributed by atoms with Crippen LogP contribution in [0.4, 0.5) is 0 Å². The fourth-order valence-electron chi connectivity index (χ4n) is 1.71. The van der Waals surface area contributed by atoms with Crippen LogP contribution < -0.4 is 15.6 Å². The van der Waals surface area contributed by atoms with Gasteiger partial charge in [-0.15, -0.1) is 0 Å². The van der Waals surface area contributed by atoms with E-state index in [1.54, 1.807) is 13.0 Å². The van der Waals surface area contributed by atoms with Crippen molar-refractivity contribution in [2.45, 2.75) is 13.8 Å². The normalized spacial score (nSPS) is 10.1. The highest BCUT2D eigenvalue weighted by Gasteiger charge is 2.12. The van der Waals surface area contributed by atoms with E-state index in [0.29, 0.717) is 17.1 Å². The third-order valence-electron chi connectivity index (χ3n) is 2.92. The zero-order valence-electron chi connectivity index (χ0n) is 12.1. The lowest BCUT2D eigenvalue weighted by Gasteiger charge is -2.09. The van der Waals surface area contributed by atoms with Crippen LogP contribution in [-0.4, -0.2) is 18.4 Å². The van der Waals surface area contributed by atoms with Crippen molar-refractivity contribution in [2.75, 3.05) is 6.61 Å². The zero-order valence-corrected chi connectivity index (χ0v) is 13.7. The molecule has 7 heteroatoms. The second-order valence-electron chi connectivity index (χ2n) is 4.59. The molecule has 0 spiro atoms. The highest BCUT2D eigenvalue weighted by atomic mass is 79.9. The summed E-state index contributed by atoms with van der Waals surface area (Å²) in [4.78, 5) is 23.4. The number of carbonyl (C=O) groups is 2. The lowest BCUT2D eigenvalue weighted by atomic mass is 10.2. The Labute approximate surface area is 135 Å². The summed E-state index contributed by atoms with van der Waals surface area (Å²) in [6, 6.07) is 6.92. The molecule has 6 nitrogen and oxygen atoms in total. The molecule has 0 aliphatic carbocycles. The Balaban J connectivity index is 1.79. The molecule has 2 aromatic rings. The molecule has 2 N–H and O–H groups in total. The van der Waals surface area contributed by atoms with Crippen LogP contribution >= 0.6 is 15.9 Å². The number of benzene rings is 1. The summed E-state index contributed by atoms with van der Waals surface area (Å²) >= 11 is 3.38. The molecule has 0 saturated carbocycles. The molecule has 0 radical (unpaired) electrons. The first-order valence-electron chi connectivity index (χ1n) is 6.49. The highest BCUT2D eigenvalue weighted by Crippen LogP contribution is 2.21. The van der Waals surface area contributed by atoms with Crippen LogP contribution in [0.25, 0.3) is 0 Å². The molecule has 0 fully saturated rings. The first-order chi connectivity index (χ1) is 10.5. The van der Waals surface area contributed by atoms with E-state index in [1.807, 2.05) is 19.1 Å². The molecule has 1 heterocycles. The van der Waals surface area contributed by atoms with Crippen molar-refractivity contribution in [1.29, 1.82) is 0 Å². The monoisotopic (exact) mass is 366 g/mol. The molecule has 2 rings (SSSR count). The summed E-state index contributed by atoms with van der Waals surface area (Å²) in [6.07, 6.45) is 1.41. The summed E-state index contributed by atoms with van der Waals surface area (Å²) in [5.41, 5.74) is 5.94. The van der Waals surface area contributed by atoms with Gasteiger partial charge in [-0.25, -0.2) is 0 Å².